The molecule has 1 saturated heterocycles. The van der Waals surface area contributed by atoms with Gasteiger partial charge in [0, 0.05) is 18.6 Å². The SMILES string of the molecule is NCC(CO)N1CCCC2CCCCC21. The molecule has 1 saturated carbocycles. The first kappa shape index (κ1) is 11.4. The van der Waals surface area contributed by atoms with Crippen molar-refractivity contribution in [3.8, 4) is 0 Å². The van der Waals surface area contributed by atoms with Crippen LogP contribution in [0.3, 0.4) is 0 Å². The minimum atomic E-state index is 0.205. The number of aliphatic hydroxyl groups excluding tert-OH is 1. The van der Waals surface area contributed by atoms with E-state index in [-0.39, 0.29) is 12.6 Å². The number of fused-ring (bicyclic) bond motifs is 1. The van der Waals surface area contributed by atoms with Gasteiger partial charge in [-0.25, -0.2) is 0 Å². The largest absolute Gasteiger partial charge is 0.395 e. The van der Waals surface area contributed by atoms with Gasteiger partial charge in [-0.3, -0.25) is 4.90 Å². The van der Waals surface area contributed by atoms with E-state index in [1.807, 2.05) is 0 Å². The molecule has 15 heavy (non-hydrogen) atoms. The second kappa shape index (κ2) is 5.28. The second-order valence-electron chi connectivity index (χ2n) is 5.06. The molecule has 0 aromatic carbocycles. The lowest BCUT2D eigenvalue weighted by atomic mass is 9.78. The minimum absolute atomic E-state index is 0.205. The molecule has 3 heteroatoms. The quantitative estimate of drug-likeness (QED) is 0.732. The summed E-state index contributed by atoms with van der Waals surface area (Å²) in [5.41, 5.74) is 5.73. The van der Waals surface area contributed by atoms with Crippen molar-refractivity contribution in [2.24, 2.45) is 11.7 Å². The maximum absolute atomic E-state index is 9.35. The fourth-order valence-corrected chi connectivity index (χ4v) is 3.43. The van der Waals surface area contributed by atoms with Crippen molar-refractivity contribution in [2.45, 2.75) is 50.6 Å². The maximum atomic E-state index is 9.35. The Hall–Kier alpha value is -0.120. The first-order chi connectivity index (χ1) is 7.36. The Kier molecular flexibility index (Phi) is 4.00. The monoisotopic (exact) mass is 212 g/mol. The average molecular weight is 212 g/mol. The summed E-state index contributed by atoms with van der Waals surface area (Å²) in [4.78, 5) is 2.49. The number of aliphatic hydroxyl groups is 1. The highest BCUT2D eigenvalue weighted by Gasteiger charge is 2.35. The molecule has 3 atom stereocenters. The number of hydrogen-bond donors (Lipinski definition) is 2. The van der Waals surface area contributed by atoms with Gasteiger partial charge in [0.15, 0.2) is 0 Å². The van der Waals surface area contributed by atoms with Gasteiger partial charge in [-0.05, 0) is 38.1 Å². The Morgan fingerprint density at radius 3 is 2.67 bits per heavy atom. The predicted octanol–water partition coefficient (Wildman–Crippen LogP) is 0.961. The normalized spacial score (nSPS) is 34.8. The zero-order chi connectivity index (χ0) is 10.7. The summed E-state index contributed by atoms with van der Waals surface area (Å²) in [5, 5.41) is 9.35. The molecule has 0 amide bonds. The Bertz CT molecular complexity index is 192. The molecule has 2 aliphatic rings. The molecule has 1 aliphatic carbocycles. The van der Waals surface area contributed by atoms with Gasteiger partial charge < -0.3 is 10.8 Å². The van der Waals surface area contributed by atoms with Crippen molar-refractivity contribution in [3.63, 3.8) is 0 Å². The van der Waals surface area contributed by atoms with E-state index in [0.717, 1.165) is 12.5 Å². The van der Waals surface area contributed by atoms with Crippen molar-refractivity contribution in [1.29, 1.82) is 0 Å². The zero-order valence-corrected chi connectivity index (χ0v) is 9.57. The van der Waals surface area contributed by atoms with Crippen LogP contribution in [0.5, 0.6) is 0 Å². The topological polar surface area (TPSA) is 49.5 Å². The fourth-order valence-electron chi connectivity index (χ4n) is 3.43. The summed E-state index contributed by atoms with van der Waals surface area (Å²) in [6, 6.07) is 0.920. The molecule has 88 valence electrons. The highest BCUT2D eigenvalue weighted by Crippen LogP contribution is 2.35. The summed E-state index contributed by atoms with van der Waals surface area (Å²) in [6.45, 7) is 1.96. The minimum Gasteiger partial charge on any atom is -0.395 e. The van der Waals surface area contributed by atoms with Crippen LogP contribution < -0.4 is 5.73 Å². The highest BCUT2D eigenvalue weighted by atomic mass is 16.3. The van der Waals surface area contributed by atoms with E-state index in [2.05, 4.69) is 4.90 Å². The maximum Gasteiger partial charge on any atom is 0.0599 e. The van der Waals surface area contributed by atoms with Gasteiger partial charge in [-0.15, -0.1) is 0 Å². The smallest absolute Gasteiger partial charge is 0.0599 e. The number of rotatable bonds is 3. The lowest BCUT2D eigenvalue weighted by Crippen LogP contribution is -2.55. The molecule has 0 bridgehead atoms. The van der Waals surface area contributed by atoms with Crippen molar-refractivity contribution < 1.29 is 5.11 Å². The summed E-state index contributed by atoms with van der Waals surface area (Å²) >= 11 is 0. The molecule has 0 spiro atoms. The molecule has 0 aromatic heterocycles. The summed E-state index contributed by atoms with van der Waals surface area (Å²) < 4.78 is 0. The number of piperidine rings is 1. The summed E-state index contributed by atoms with van der Waals surface area (Å²) in [5.74, 6) is 0.882. The van der Waals surface area contributed by atoms with Gasteiger partial charge in [0.2, 0.25) is 0 Å². The molecule has 1 heterocycles. The number of hydrogen-bond acceptors (Lipinski definition) is 3. The van der Waals surface area contributed by atoms with E-state index in [4.69, 9.17) is 5.73 Å². The van der Waals surface area contributed by atoms with E-state index in [9.17, 15) is 5.11 Å². The first-order valence-corrected chi connectivity index (χ1v) is 6.43. The van der Waals surface area contributed by atoms with Gasteiger partial charge in [0.1, 0.15) is 0 Å². The van der Waals surface area contributed by atoms with Crippen molar-refractivity contribution >= 4 is 0 Å². The van der Waals surface area contributed by atoms with Gasteiger partial charge in [-0.2, -0.15) is 0 Å². The lowest BCUT2D eigenvalue weighted by Gasteiger charge is -2.47. The molecule has 3 N–H and O–H groups in total. The second-order valence-corrected chi connectivity index (χ2v) is 5.06. The Balaban J connectivity index is 2.02. The molecule has 0 radical (unpaired) electrons. The number of nitrogens with two attached hydrogens (primary N) is 1. The van der Waals surface area contributed by atoms with Crippen LogP contribution in [0, 0.1) is 5.92 Å². The zero-order valence-electron chi connectivity index (χ0n) is 9.57. The van der Waals surface area contributed by atoms with Crippen molar-refractivity contribution in [3.05, 3.63) is 0 Å². The molecule has 3 unspecified atom stereocenters. The van der Waals surface area contributed by atoms with Crippen LogP contribution in [-0.4, -0.2) is 41.8 Å². The molecular weight excluding hydrogens is 188 g/mol. The third kappa shape index (κ3) is 2.35. The molecule has 0 aromatic rings. The van der Waals surface area contributed by atoms with Gasteiger partial charge in [-0.1, -0.05) is 12.8 Å². The van der Waals surface area contributed by atoms with E-state index >= 15 is 0 Å². The summed E-state index contributed by atoms with van der Waals surface area (Å²) in [7, 11) is 0. The van der Waals surface area contributed by atoms with Crippen LogP contribution in [-0.2, 0) is 0 Å². The molecule has 1 aliphatic heterocycles. The van der Waals surface area contributed by atoms with E-state index in [1.54, 1.807) is 0 Å². The third-order valence-corrected chi connectivity index (χ3v) is 4.24. The molecular formula is C12H24N2O. The predicted molar refractivity (Wildman–Crippen MR) is 61.6 cm³/mol. The Labute approximate surface area is 92.6 Å². The van der Waals surface area contributed by atoms with Crippen LogP contribution in [0.2, 0.25) is 0 Å². The highest BCUT2D eigenvalue weighted by molar-refractivity contribution is 4.90. The lowest BCUT2D eigenvalue weighted by molar-refractivity contribution is 0.00858. The van der Waals surface area contributed by atoms with Crippen LogP contribution in [0.15, 0.2) is 0 Å². The van der Waals surface area contributed by atoms with E-state index in [0.29, 0.717) is 12.6 Å². The van der Waals surface area contributed by atoms with Gasteiger partial charge in [0.25, 0.3) is 0 Å². The van der Waals surface area contributed by atoms with E-state index < -0.39 is 0 Å². The van der Waals surface area contributed by atoms with Gasteiger partial charge >= 0.3 is 0 Å². The number of nitrogens with zero attached hydrogens (tertiary/aromatic N) is 1. The molecule has 2 fully saturated rings. The fraction of sp³-hybridized carbons (Fsp3) is 1.00. The Morgan fingerprint density at radius 1 is 1.20 bits per heavy atom. The van der Waals surface area contributed by atoms with Crippen LogP contribution in [0.1, 0.15) is 38.5 Å². The molecule has 2 rings (SSSR count). The van der Waals surface area contributed by atoms with Gasteiger partial charge in [0.05, 0.1) is 6.61 Å². The standard InChI is InChI=1S/C12H24N2O/c13-8-11(9-15)14-7-3-5-10-4-1-2-6-12(10)14/h10-12,15H,1-9,13H2. The van der Waals surface area contributed by atoms with Crippen molar-refractivity contribution in [1.82, 2.24) is 4.90 Å². The molecule has 3 nitrogen and oxygen atoms in total. The van der Waals surface area contributed by atoms with Crippen molar-refractivity contribution in [2.75, 3.05) is 19.7 Å². The van der Waals surface area contributed by atoms with Crippen LogP contribution in [0.25, 0.3) is 0 Å². The summed E-state index contributed by atoms with van der Waals surface area (Å²) in [6.07, 6.45) is 8.16. The first-order valence-electron chi connectivity index (χ1n) is 6.43. The third-order valence-electron chi connectivity index (χ3n) is 4.24. The number of likely N-dealkylation sites (tertiary alicyclic amines) is 1. The van der Waals surface area contributed by atoms with E-state index in [1.165, 1.54) is 38.5 Å². The van der Waals surface area contributed by atoms with Crippen LogP contribution >= 0.6 is 0 Å². The Morgan fingerprint density at radius 2 is 1.93 bits per heavy atom. The van der Waals surface area contributed by atoms with Crippen LogP contribution in [0.4, 0.5) is 0 Å². The average Bonchev–Trinajstić information content (AvgIpc) is 2.31.